The molecule has 5 rings (SSSR count). The van der Waals surface area contributed by atoms with Gasteiger partial charge in [0.2, 0.25) is 10.0 Å². The number of aromatic amines is 1. The first kappa shape index (κ1) is 23.6. The van der Waals surface area contributed by atoms with Crippen molar-refractivity contribution in [2.75, 3.05) is 0 Å². The van der Waals surface area contributed by atoms with Crippen LogP contribution in [0, 0.1) is 5.82 Å². The molecular formula is C28H23FN4O2S. The van der Waals surface area contributed by atoms with Crippen LogP contribution in [0.3, 0.4) is 0 Å². The summed E-state index contributed by atoms with van der Waals surface area (Å²) in [5, 5.41) is 7.46. The van der Waals surface area contributed by atoms with Crippen LogP contribution in [0.15, 0.2) is 108 Å². The molecule has 3 aromatic carbocycles. The second-order valence-corrected chi connectivity index (χ2v) is 10.1. The topological polar surface area (TPSA) is 87.7 Å². The van der Waals surface area contributed by atoms with Crippen molar-refractivity contribution in [3.8, 4) is 33.5 Å². The molecule has 0 radical (unpaired) electrons. The number of halogens is 1. The van der Waals surface area contributed by atoms with Crippen molar-refractivity contribution in [2.24, 2.45) is 0 Å². The van der Waals surface area contributed by atoms with Crippen LogP contribution in [0.5, 0.6) is 0 Å². The van der Waals surface area contributed by atoms with Gasteiger partial charge in [0.25, 0.3) is 0 Å². The van der Waals surface area contributed by atoms with Crippen LogP contribution in [-0.4, -0.2) is 23.6 Å². The van der Waals surface area contributed by atoms with Crippen molar-refractivity contribution >= 4 is 10.0 Å². The number of nitrogens with one attached hydrogen (secondary N) is 2. The number of rotatable bonds is 7. The molecule has 0 saturated carbocycles. The molecule has 0 aliphatic heterocycles. The second-order valence-electron chi connectivity index (χ2n) is 8.34. The van der Waals surface area contributed by atoms with Crippen LogP contribution in [-0.2, 0) is 10.0 Å². The maximum Gasteiger partial charge on any atom is 0.241 e. The summed E-state index contributed by atoms with van der Waals surface area (Å²) in [5.74, 6) is -0.348. The predicted octanol–water partition coefficient (Wildman–Crippen LogP) is 5.98. The lowest BCUT2D eigenvalue weighted by atomic mass is 9.97. The lowest BCUT2D eigenvalue weighted by molar-refractivity contribution is 0.564. The molecular weight excluding hydrogens is 475 g/mol. The quantitative estimate of drug-likeness (QED) is 0.289. The monoisotopic (exact) mass is 498 g/mol. The zero-order chi connectivity index (χ0) is 25.1. The molecule has 5 aromatic rings. The molecule has 0 aliphatic rings. The van der Waals surface area contributed by atoms with Gasteiger partial charge in [-0.25, -0.2) is 17.5 Å². The molecule has 2 N–H and O–H groups in total. The van der Waals surface area contributed by atoms with E-state index in [1.807, 2.05) is 42.5 Å². The molecule has 2 aromatic heterocycles. The minimum Gasteiger partial charge on any atom is -0.280 e. The third-order valence-corrected chi connectivity index (χ3v) is 7.47. The maximum atomic E-state index is 13.5. The highest BCUT2D eigenvalue weighted by molar-refractivity contribution is 7.89. The van der Waals surface area contributed by atoms with E-state index in [1.165, 1.54) is 12.1 Å². The number of hydrogen-bond acceptors (Lipinski definition) is 4. The number of nitrogens with zero attached hydrogens (tertiary/aromatic N) is 2. The van der Waals surface area contributed by atoms with E-state index in [0.717, 1.165) is 22.3 Å². The molecule has 0 aliphatic carbocycles. The third-order valence-electron chi connectivity index (χ3n) is 5.92. The number of hydrogen-bond donors (Lipinski definition) is 2. The van der Waals surface area contributed by atoms with E-state index >= 15 is 0 Å². The summed E-state index contributed by atoms with van der Waals surface area (Å²) in [7, 11) is -3.83. The molecule has 180 valence electrons. The Morgan fingerprint density at radius 2 is 1.39 bits per heavy atom. The van der Waals surface area contributed by atoms with E-state index in [1.54, 1.807) is 55.7 Å². The van der Waals surface area contributed by atoms with Gasteiger partial charge in [-0.15, -0.1) is 0 Å². The number of pyridine rings is 1. The van der Waals surface area contributed by atoms with Gasteiger partial charge >= 0.3 is 0 Å². The van der Waals surface area contributed by atoms with Gasteiger partial charge in [-0.05, 0) is 72.1 Å². The van der Waals surface area contributed by atoms with Crippen LogP contribution >= 0.6 is 0 Å². The van der Waals surface area contributed by atoms with Gasteiger partial charge in [-0.3, -0.25) is 10.1 Å². The minimum absolute atomic E-state index is 0.165. The van der Waals surface area contributed by atoms with Crippen LogP contribution < -0.4 is 4.72 Å². The Balaban J connectivity index is 1.47. The average Bonchev–Trinajstić information content (AvgIpc) is 3.35. The molecule has 0 saturated heterocycles. The van der Waals surface area contributed by atoms with Crippen molar-refractivity contribution in [1.82, 2.24) is 19.9 Å². The Morgan fingerprint density at radius 1 is 0.778 bits per heavy atom. The lowest BCUT2D eigenvalue weighted by Gasteiger charge is -2.16. The normalized spacial score (nSPS) is 12.4. The fourth-order valence-electron chi connectivity index (χ4n) is 4.11. The summed E-state index contributed by atoms with van der Waals surface area (Å²) in [5.41, 5.74) is 5.36. The summed E-state index contributed by atoms with van der Waals surface area (Å²) in [6, 6.07) is 25.6. The lowest BCUT2D eigenvalue weighted by Crippen LogP contribution is -2.27. The van der Waals surface area contributed by atoms with Crippen LogP contribution in [0.4, 0.5) is 4.39 Å². The Kier molecular flexibility index (Phi) is 6.45. The van der Waals surface area contributed by atoms with Crippen molar-refractivity contribution in [3.05, 3.63) is 115 Å². The Labute approximate surface area is 208 Å². The molecule has 0 amide bonds. The predicted molar refractivity (Wildman–Crippen MR) is 138 cm³/mol. The number of sulfonamides is 1. The standard InChI is InChI=1S/C28H23FN4O2S/c1-19(33-36(34,35)25-13-9-21(10-14-25)20-5-3-2-4-6-20)27-26(22-15-17-30-18-16-22)28(32-31-27)23-7-11-24(29)12-8-23/h2-19,33H,1H3,(H,31,32). The molecule has 0 bridgehead atoms. The van der Waals surface area contributed by atoms with Crippen molar-refractivity contribution in [3.63, 3.8) is 0 Å². The maximum absolute atomic E-state index is 13.5. The fourth-order valence-corrected chi connectivity index (χ4v) is 5.33. The van der Waals surface area contributed by atoms with Crippen LogP contribution in [0.2, 0.25) is 0 Å². The van der Waals surface area contributed by atoms with Gasteiger partial charge in [-0.1, -0.05) is 42.5 Å². The van der Waals surface area contributed by atoms with Crippen LogP contribution in [0.1, 0.15) is 18.7 Å². The smallest absolute Gasteiger partial charge is 0.241 e. The number of aromatic nitrogens is 3. The van der Waals surface area contributed by atoms with Gasteiger partial charge in [0.1, 0.15) is 11.5 Å². The zero-order valence-electron chi connectivity index (χ0n) is 19.4. The van der Waals surface area contributed by atoms with Crippen LogP contribution in [0.25, 0.3) is 33.5 Å². The second kappa shape index (κ2) is 9.85. The minimum atomic E-state index is -3.83. The molecule has 36 heavy (non-hydrogen) atoms. The summed E-state index contributed by atoms with van der Waals surface area (Å²) >= 11 is 0. The van der Waals surface area contributed by atoms with E-state index in [-0.39, 0.29) is 10.7 Å². The largest absolute Gasteiger partial charge is 0.280 e. The van der Waals surface area contributed by atoms with Crippen molar-refractivity contribution in [2.45, 2.75) is 17.9 Å². The molecule has 1 unspecified atom stereocenters. The van der Waals surface area contributed by atoms with E-state index in [0.29, 0.717) is 17.0 Å². The number of H-pyrrole nitrogens is 1. The Morgan fingerprint density at radius 3 is 2.06 bits per heavy atom. The first-order chi connectivity index (χ1) is 17.4. The highest BCUT2D eigenvalue weighted by atomic mass is 32.2. The first-order valence-electron chi connectivity index (χ1n) is 11.3. The van der Waals surface area contributed by atoms with Gasteiger partial charge in [0.15, 0.2) is 0 Å². The molecule has 6 nitrogen and oxygen atoms in total. The van der Waals surface area contributed by atoms with E-state index in [4.69, 9.17) is 0 Å². The van der Waals surface area contributed by atoms with Gasteiger partial charge < -0.3 is 0 Å². The highest BCUT2D eigenvalue weighted by Crippen LogP contribution is 2.36. The molecule has 8 heteroatoms. The molecule has 0 fully saturated rings. The molecule has 1 atom stereocenters. The van der Waals surface area contributed by atoms with E-state index < -0.39 is 16.1 Å². The van der Waals surface area contributed by atoms with E-state index in [2.05, 4.69) is 19.9 Å². The fraction of sp³-hybridized carbons (Fsp3) is 0.0714. The van der Waals surface area contributed by atoms with Crippen molar-refractivity contribution < 1.29 is 12.8 Å². The molecule has 0 spiro atoms. The Hall–Kier alpha value is -4.14. The average molecular weight is 499 g/mol. The summed E-state index contributed by atoms with van der Waals surface area (Å²) < 4.78 is 42.7. The third kappa shape index (κ3) is 4.82. The van der Waals surface area contributed by atoms with E-state index in [9.17, 15) is 12.8 Å². The summed E-state index contributed by atoms with van der Waals surface area (Å²) in [6.07, 6.45) is 3.31. The Bertz CT molecular complexity index is 1570. The number of benzene rings is 3. The summed E-state index contributed by atoms with van der Waals surface area (Å²) in [6.45, 7) is 1.75. The zero-order valence-corrected chi connectivity index (χ0v) is 20.2. The summed E-state index contributed by atoms with van der Waals surface area (Å²) in [4.78, 5) is 4.24. The SMILES string of the molecule is CC(NS(=O)(=O)c1ccc(-c2ccccc2)cc1)c1[nH]nc(-c2ccc(F)cc2)c1-c1ccncc1. The first-order valence-corrected chi connectivity index (χ1v) is 12.8. The van der Waals surface area contributed by atoms with Crippen molar-refractivity contribution in [1.29, 1.82) is 0 Å². The molecule has 2 heterocycles. The van der Waals surface area contributed by atoms with Gasteiger partial charge in [-0.2, -0.15) is 5.10 Å². The van der Waals surface area contributed by atoms with Gasteiger partial charge in [0.05, 0.1) is 16.6 Å². The van der Waals surface area contributed by atoms with Gasteiger partial charge in [0, 0.05) is 23.5 Å². The highest BCUT2D eigenvalue weighted by Gasteiger charge is 2.25.